The van der Waals surface area contributed by atoms with Gasteiger partial charge in [0.25, 0.3) is 0 Å². The van der Waals surface area contributed by atoms with E-state index in [1.807, 2.05) is 13.8 Å². The first-order chi connectivity index (χ1) is 7.73. The number of carbonyl (C=O) groups is 1. The zero-order valence-corrected chi connectivity index (χ0v) is 11.7. The maximum atomic E-state index is 11.3. The summed E-state index contributed by atoms with van der Waals surface area (Å²) in [5.41, 5.74) is 0.183. The second-order valence-corrected chi connectivity index (χ2v) is 6.22. The molecular formula is C13H26N2O2. The van der Waals surface area contributed by atoms with Crippen molar-refractivity contribution in [2.75, 3.05) is 26.2 Å². The summed E-state index contributed by atoms with van der Waals surface area (Å²) in [6.45, 7) is 14.2. The fraction of sp³-hybridized carbons (Fsp3) is 0.923. The zero-order chi connectivity index (χ0) is 13.2. The third kappa shape index (κ3) is 3.68. The maximum absolute atomic E-state index is 11.3. The third-order valence-corrected chi connectivity index (χ3v) is 3.54. The number of hydrogen-bond donors (Lipinski definition) is 1. The van der Waals surface area contributed by atoms with Crippen LogP contribution in [0.15, 0.2) is 0 Å². The molecule has 0 aromatic carbocycles. The van der Waals surface area contributed by atoms with Gasteiger partial charge < -0.3 is 5.11 Å². The van der Waals surface area contributed by atoms with Gasteiger partial charge in [-0.2, -0.15) is 0 Å². The molecule has 1 unspecified atom stereocenters. The molecule has 0 spiro atoms. The predicted octanol–water partition coefficient (Wildman–Crippen LogP) is 1.51. The Bertz CT molecular complexity index is 263. The molecule has 0 saturated carbocycles. The van der Waals surface area contributed by atoms with Crippen molar-refractivity contribution in [1.29, 1.82) is 0 Å². The van der Waals surface area contributed by atoms with E-state index in [0.29, 0.717) is 0 Å². The van der Waals surface area contributed by atoms with Gasteiger partial charge in [-0.1, -0.05) is 13.8 Å². The summed E-state index contributed by atoms with van der Waals surface area (Å²) in [7, 11) is 0. The first kappa shape index (κ1) is 14.5. The Hall–Kier alpha value is -0.610. The molecule has 4 heteroatoms. The summed E-state index contributed by atoms with van der Waals surface area (Å²) in [4.78, 5) is 15.8. The van der Waals surface area contributed by atoms with Crippen LogP contribution in [0.3, 0.4) is 0 Å². The molecule has 4 nitrogen and oxygen atoms in total. The van der Waals surface area contributed by atoms with Crippen LogP contribution < -0.4 is 0 Å². The van der Waals surface area contributed by atoms with Crippen LogP contribution >= 0.6 is 0 Å². The van der Waals surface area contributed by atoms with E-state index in [4.69, 9.17) is 0 Å². The lowest BCUT2D eigenvalue weighted by molar-refractivity contribution is -0.146. The Morgan fingerprint density at radius 1 is 1.12 bits per heavy atom. The van der Waals surface area contributed by atoms with Gasteiger partial charge in [0.05, 0.1) is 0 Å². The first-order valence-electron chi connectivity index (χ1n) is 6.45. The van der Waals surface area contributed by atoms with E-state index in [-0.39, 0.29) is 17.5 Å². The number of piperazine rings is 1. The van der Waals surface area contributed by atoms with Crippen molar-refractivity contribution in [3.05, 3.63) is 0 Å². The van der Waals surface area contributed by atoms with Crippen LogP contribution in [0.25, 0.3) is 0 Å². The van der Waals surface area contributed by atoms with Gasteiger partial charge in [0, 0.05) is 31.7 Å². The number of nitrogens with zero attached hydrogens (tertiary/aromatic N) is 2. The molecule has 1 rings (SSSR count). The van der Waals surface area contributed by atoms with Crippen LogP contribution in [0.1, 0.15) is 34.6 Å². The van der Waals surface area contributed by atoms with E-state index in [0.717, 1.165) is 26.2 Å². The second kappa shape index (κ2) is 5.36. The van der Waals surface area contributed by atoms with Gasteiger partial charge in [0.1, 0.15) is 6.04 Å². The summed E-state index contributed by atoms with van der Waals surface area (Å²) in [6, 6.07) is -0.336. The highest BCUT2D eigenvalue weighted by molar-refractivity contribution is 5.73. The molecule has 1 heterocycles. The number of aliphatic carboxylic acids is 1. The average Bonchev–Trinajstić information content (AvgIpc) is 2.15. The van der Waals surface area contributed by atoms with Crippen molar-refractivity contribution in [1.82, 2.24) is 9.80 Å². The van der Waals surface area contributed by atoms with Gasteiger partial charge in [-0.25, -0.2) is 0 Å². The lowest BCUT2D eigenvalue weighted by Gasteiger charge is -2.44. The van der Waals surface area contributed by atoms with Gasteiger partial charge in [-0.15, -0.1) is 0 Å². The number of carboxylic acid groups (broad SMARTS) is 1. The van der Waals surface area contributed by atoms with Crippen molar-refractivity contribution < 1.29 is 9.90 Å². The number of rotatable bonds is 3. The minimum atomic E-state index is -0.691. The standard InChI is InChI=1S/C13H26N2O2/c1-10(2)11(12(16)17)14-6-8-15(9-7-14)13(3,4)5/h10-11H,6-9H2,1-5H3,(H,16,17). The highest BCUT2D eigenvalue weighted by atomic mass is 16.4. The lowest BCUT2D eigenvalue weighted by Crippen LogP contribution is -2.58. The molecule has 0 aromatic heterocycles. The molecule has 1 saturated heterocycles. The maximum Gasteiger partial charge on any atom is 0.321 e. The summed E-state index contributed by atoms with van der Waals surface area (Å²) in [5.74, 6) is -0.530. The van der Waals surface area contributed by atoms with Crippen molar-refractivity contribution in [2.24, 2.45) is 5.92 Å². The fourth-order valence-electron chi connectivity index (χ4n) is 2.53. The molecular weight excluding hydrogens is 216 g/mol. The molecule has 0 amide bonds. The van der Waals surface area contributed by atoms with Crippen LogP contribution in [-0.4, -0.2) is 58.6 Å². The molecule has 0 radical (unpaired) electrons. The van der Waals surface area contributed by atoms with Gasteiger partial charge in [0.15, 0.2) is 0 Å². The van der Waals surface area contributed by atoms with E-state index in [9.17, 15) is 9.90 Å². The molecule has 1 aliphatic rings. The molecule has 1 aliphatic heterocycles. The van der Waals surface area contributed by atoms with E-state index in [1.165, 1.54) is 0 Å². The van der Waals surface area contributed by atoms with Crippen LogP contribution in [-0.2, 0) is 4.79 Å². The molecule has 0 aliphatic carbocycles. The van der Waals surface area contributed by atoms with Crippen molar-refractivity contribution in [2.45, 2.75) is 46.2 Å². The summed E-state index contributed by atoms with van der Waals surface area (Å²) in [5, 5.41) is 9.27. The fourth-order valence-corrected chi connectivity index (χ4v) is 2.53. The second-order valence-electron chi connectivity index (χ2n) is 6.22. The molecule has 1 atom stereocenters. The monoisotopic (exact) mass is 242 g/mol. The summed E-state index contributed by atoms with van der Waals surface area (Å²) >= 11 is 0. The van der Waals surface area contributed by atoms with E-state index in [2.05, 4.69) is 30.6 Å². The summed E-state index contributed by atoms with van der Waals surface area (Å²) in [6.07, 6.45) is 0. The predicted molar refractivity (Wildman–Crippen MR) is 69.2 cm³/mol. The number of carboxylic acids is 1. The SMILES string of the molecule is CC(C)C(C(=O)O)N1CCN(C(C)(C)C)CC1. The Kier molecular flexibility index (Phi) is 4.55. The largest absolute Gasteiger partial charge is 0.480 e. The smallest absolute Gasteiger partial charge is 0.321 e. The van der Waals surface area contributed by atoms with E-state index < -0.39 is 5.97 Å². The minimum Gasteiger partial charge on any atom is -0.480 e. The molecule has 1 N–H and O–H groups in total. The Morgan fingerprint density at radius 3 is 1.88 bits per heavy atom. The molecule has 0 bridgehead atoms. The van der Waals surface area contributed by atoms with Crippen molar-refractivity contribution >= 4 is 5.97 Å². The van der Waals surface area contributed by atoms with Gasteiger partial charge in [-0.3, -0.25) is 14.6 Å². The lowest BCUT2D eigenvalue weighted by atomic mass is 10.00. The quantitative estimate of drug-likeness (QED) is 0.815. The van der Waals surface area contributed by atoms with Crippen LogP contribution in [0, 0.1) is 5.92 Å². The van der Waals surface area contributed by atoms with Crippen LogP contribution in [0.5, 0.6) is 0 Å². The average molecular weight is 242 g/mol. The highest BCUT2D eigenvalue weighted by Gasteiger charge is 2.33. The molecule has 17 heavy (non-hydrogen) atoms. The van der Waals surface area contributed by atoms with E-state index >= 15 is 0 Å². The Morgan fingerprint density at radius 2 is 1.59 bits per heavy atom. The van der Waals surface area contributed by atoms with Crippen molar-refractivity contribution in [3.8, 4) is 0 Å². The summed E-state index contributed by atoms with van der Waals surface area (Å²) < 4.78 is 0. The van der Waals surface area contributed by atoms with Crippen molar-refractivity contribution in [3.63, 3.8) is 0 Å². The van der Waals surface area contributed by atoms with Crippen LogP contribution in [0.4, 0.5) is 0 Å². The molecule has 0 aromatic rings. The minimum absolute atomic E-state index is 0.161. The number of hydrogen-bond acceptors (Lipinski definition) is 3. The van der Waals surface area contributed by atoms with Gasteiger partial charge in [0.2, 0.25) is 0 Å². The zero-order valence-electron chi connectivity index (χ0n) is 11.7. The van der Waals surface area contributed by atoms with Gasteiger partial charge >= 0.3 is 5.97 Å². The highest BCUT2D eigenvalue weighted by Crippen LogP contribution is 2.19. The third-order valence-electron chi connectivity index (χ3n) is 3.54. The first-order valence-corrected chi connectivity index (χ1v) is 6.45. The molecule has 1 fully saturated rings. The normalized spacial score (nSPS) is 21.8. The van der Waals surface area contributed by atoms with Crippen LogP contribution in [0.2, 0.25) is 0 Å². The topological polar surface area (TPSA) is 43.8 Å². The Balaban J connectivity index is 2.59. The Labute approximate surface area is 105 Å². The van der Waals surface area contributed by atoms with E-state index in [1.54, 1.807) is 0 Å². The molecule has 100 valence electrons. The van der Waals surface area contributed by atoms with Gasteiger partial charge in [-0.05, 0) is 26.7 Å².